The third-order valence-electron chi connectivity index (χ3n) is 4.18. The van der Waals surface area contributed by atoms with E-state index < -0.39 is 0 Å². The molecule has 0 spiro atoms. The smallest absolute Gasteiger partial charge is 0.315 e. The molecule has 0 saturated carbocycles. The number of ether oxygens (including phenoxy) is 1. The zero-order valence-electron chi connectivity index (χ0n) is 14.0. The number of hydrogen-bond donors (Lipinski definition) is 2. The van der Waals surface area contributed by atoms with Crippen molar-refractivity contribution in [3.63, 3.8) is 0 Å². The van der Waals surface area contributed by atoms with Gasteiger partial charge in [0.2, 0.25) is 0 Å². The van der Waals surface area contributed by atoms with E-state index in [0.29, 0.717) is 24.9 Å². The van der Waals surface area contributed by atoms with Gasteiger partial charge in [-0.3, -0.25) is 0 Å². The summed E-state index contributed by atoms with van der Waals surface area (Å²) in [6.07, 6.45) is 1.84. The van der Waals surface area contributed by atoms with Crippen LogP contribution in [-0.2, 0) is 17.9 Å². The Bertz CT molecular complexity index is 670. The van der Waals surface area contributed by atoms with Gasteiger partial charge in [-0.05, 0) is 41.1 Å². The van der Waals surface area contributed by atoms with Gasteiger partial charge in [-0.2, -0.15) is 16.4 Å². The molecule has 24 heavy (non-hydrogen) atoms. The molecule has 2 aromatic rings. The minimum absolute atomic E-state index is 0.103. The summed E-state index contributed by atoms with van der Waals surface area (Å²) in [6.45, 7) is 3.94. The number of methoxy groups -OCH3 is 1. The molecule has 0 bridgehead atoms. The summed E-state index contributed by atoms with van der Waals surface area (Å²) in [7, 11) is 1.62. The van der Waals surface area contributed by atoms with E-state index in [4.69, 9.17) is 4.74 Å². The Morgan fingerprint density at radius 2 is 2.46 bits per heavy atom. The summed E-state index contributed by atoms with van der Waals surface area (Å²) >= 11 is 1.67. The third-order valence-corrected chi connectivity index (χ3v) is 4.88. The van der Waals surface area contributed by atoms with Gasteiger partial charge in [0.15, 0.2) is 5.82 Å². The maximum absolute atomic E-state index is 12.2. The SMILES string of the molecule is COCc1nc2n(n1)CCC[C@@H]2NC(=O)NC[C@@H](C)c1ccsc1. The molecule has 8 heteroatoms. The molecule has 0 aromatic carbocycles. The lowest BCUT2D eigenvalue weighted by molar-refractivity contribution is 0.177. The first-order valence-corrected chi connectivity index (χ1v) is 9.10. The zero-order chi connectivity index (χ0) is 16.9. The van der Waals surface area contributed by atoms with E-state index in [1.165, 1.54) is 5.56 Å². The van der Waals surface area contributed by atoms with Crippen LogP contribution in [0.4, 0.5) is 4.79 Å². The fourth-order valence-corrected chi connectivity index (χ4v) is 3.64. The summed E-state index contributed by atoms with van der Waals surface area (Å²) in [5.74, 6) is 1.77. The molecule has 3 rings (SSSR count). The Kier molecular flexibility index (Phi) is 5.47. The van der Waals surface area contributed by atoms with Crippen LogP contribution in [0.5, 0.6) is 0 Å². The number of amides is 2. The standard InChI is InChI=1S/C16H23N5O2S/c1-11(12-5-7-24-10-12)8-17-16(22)18-13-4-3-6-21-15(13)19-14(20-21)9-23-2/h5,7,10-11,13H,3-4,6,8-9H2,1-2H3,(H2,17,18,22)/t11-,13+/m1/s1. The van der Waals surface area contributed by atoms with E-state index in [2.05, 4.69) is 44.5 Å². The highest BCUT2D eigenvalue weighted by Gasteiger charge is 2.25. The summed E-state index contributed by atoms with van der Waals surface area (Å²) in [5.41, 5.74) is 1.25. The molecule has 3 heterocycles. The van der Waals surface area contributed by atoms with Gasteiger partial charge in [-0.15, -0.1) is 0 Å². The molecule has 1 aliphatic rings. The van der Waals surface area contributed by atoms with E-state index in [1.54, 1.807) is 18.4 Å². The van der Waals surface area contributed by atoms with Crippen molar-refractivity contribution >= 4 is 17.4 Å². The van der Waals surface area contributed by atoms with Gasteiger partial charge in [-0.1, -0.05) is 6.92 Å². The first-order valence-electron chi connectivity index (χ1n) is 8.16. The molecular weight excluding hydrogens is 326 g/mol. The van der Waals surface area contributed by atoms with E-state index in [1.807, 2.05) is 4.68 Å². The van der Waals surface area contributed by atoms with Crippen LogP contribution in [-0.4, -0.2) is 34.5 Å². The Hall–Kier alpha value is -1.93. The average Bonchev–Trinajstić information content (AvgIpc) is 3.22. The number of nitrogens with one attached hydrogen (secondary N) is 2. The molecule has 7 nitrogen and oxygen atoms in total. The number of nitrogens with zero attached hydrogens (tertiary/aromatic N) is 3. The Balaban J connectivity index is 1.55. The van der Waals surface area contributed by atoms with Crippen molar-refractivity contribution < 1.29 is 9.53 Å². The van der Waals surface area contributed by atoms with Gasteiger partial charge in [0, 0.05) is 20.2 Å². The highest BCUT2D eigenvalue weighted by Crippen LogP contribution is 2.23. The number of carbonyl (C=O) groups excluding carboxylic acids is 1. The molecule has 0 fully saturated rings. The molecule has 0 unspecified atom stereocenters. The molecule has 130 valence electrons. The maximum Gasteiger partial charge on any atom is 0.315 e. The van der Waals surface area contributed by atoms with Gasteiger partial charge in [0.05, 0.1) is 6.04 Å². The van der Waals surface area contributed by atoms with Crippen molar-refractivity contribution in [1.29, 1.82) is 0 Å². The van der Waals surface area contributed by atoms with Crippen LogP contribution >= 0.6 is 11.3 Å². The number of thiophene rings is 1. The predicted octanol–water partition coefficient (Wildman–Crippen LogP) is 2.42. The minimum Gasteiger partial charge on any atom is -0.377 e. The van der Waals surface area contributed by atoms with E-state index in [0.717, 1.165) is 25.2 Å². The fraction of sp³-hybridized carbons (Fsp3) is 0.562. The molecule has 0 radical (unpaired) electrons. The lowest BCUT2D eigenvalue weighted by Gasteiger charge is -2.23. The Labute approximate surface area is 145 Å². The highest BCUT2D eigenvalue weighted by atomic mass is 32.1. The normalized spacial score (nSPS) is 18.0. The van der Waals surface area contributed by atoms with Crippen molar-refractivity contribution in [3.05, 3.63) is 34.0 Å². The highest BCUT2D eigenvalue weighted by molar-refractivity contribution is 7.07. The van der Waals surface area contributed by atoms with E-state index in [9.17, 15) is 4.79 Å². The Morgan fingerprint density at radius 3 is 3.21 bits per heavy atom. The molecule has 1 aliphatic heterocycles. The second-order valence-electron chi connectivity index (χ2n) is 6.05. The summed E-state index contributed by atoms with van der Waals surface area (Å²) in [5, 5.41) is 14.6. The maximum atomic E-state index is 12.2. The average molecular weight is 349 g/mol. The van der Waals surface area contributed by atoms with E-state index in [-0.39, 0.29) is 12.1 Å². The van der Waals surface area contributed by atoms with Crippen LogP contribution in [0.15, 0.2) is 16.8 Å². The molecule has 2 atom stereocenters. The van der Waals surface area contributed by atoms with Gasteiger partial charge in [0.25, 0.3) is 0 Å². The number of aryl methyl sites for hydroxylation is 1. The van der Waals surface area contributed by atoms with Crippen LogP contribution in [0, 0.1) is 0 Å². The number of fused-ring (bicyclic) bond motifs is 1. The zero-order valence-corrected chi connectivity index (χ0v) is 14.8. The lowest BCUT2D eigenvalue weighted by Crippen LogP contribution is -2.41. The van der Waals surface area contributed by atoms with Crippen LogP contribution < -0.4 is 10.6 Å². The predicted molar refractivity (Wildman–Crippen MR) is 92.0 cm³/mol. The molecule has 2 amide bonds. The van der Waals surface area contributed by atoms with Crippen molar-refractivity contribution in [2.24, 2.45) is 0 Å². The number of hydrogen-bond acceptors (Lipinski definition) is 5. The molecular formula is C16H23N5O2S. The number of carbonyl (C=O) groups is 1. The number of urea groups is 1. The topological polar surface area (TPSA) is 81.1 Å². The van der Waals surface area contributed by atoms with Gasteiger partial charge in [-0.25, -0.2) is 14.5 Å². The van der Waals surface area contributed by atoms with Gasteiger partial charge < -0.3 is 15.4 Å². The van der Waals surface area contributed by atoms with Crippen LogP contribution in [0.2, 0.25) is 0 Å². The summed E-state index contributed by atoms with van der Waals surface area (Å²) < 4.78 is 6.96. The second-order valence-corrected chi connectivity index (χ2v) is 6.83. The molecule has 2 N–H and O–H groups in total. The van der Waals surface area contributed by atoms with Crippen LogP contribution in [0.25, 0.3) is 0 Å². The van der Waals surface area contributed by atoms with Crippen LogP contribution in [0.1, 0.15) is 48.9 Å². The first kappa shape index (κ1) is 16.9. The first-order chi connectivity index (χ1) is 11.7. The van der Waals surface area contributed by atoms with Crippen molar-refractivity contribution in [2.45, 2.75) is 44.9 Å². The number of rotatable bonds is 6. The van der Waals surface area contributed by atoms with Crippen molar-refractivity contribution in [3.8, 4) is 0 Å². The molecule has 2 aromatic heterocycles. The number of aromatic nitrogens is 3. The fourth-order valence-electron chi connectivity index (χ4n) is 2.85. The summed E-state index contributed by atoms with van der Waals surface area (Å²) in [6, 6.07) is 1.83. The Morgan fingerprint density at radius 1 is 1.58 bits per heavy atom. The largest absolute Gasteiger partial charge is 0.377 e. The van der Waals surface area contributed by atoms with Crippen molar-refractivity contribution in [1.82, 2.24) is 25.4 Å². The van der Waals surface area contributed by atoms with Crippen LogP contribution in [0.3, 0.4) is 0 Å². The monoisotopic (exact) mass is 349 g/mol. The summed E-state index contributed by atoms with van der Waals surface area (Å²) in [4.78, 5) is 16.7. The molecule has 0 aliphatic carbocycles. The second kappa shape index (κ2) is 7.76. The third kappa shape index (κ3) is 3.93. The molecule has 0 saturated heterocycles. The quantitative estimate of drug-likeness (QED) is 0.839. The van der Waals surface area contributed by atoms with Gasteiger partial charge in [0.1, 0.15) is 12.4 Å². The lowest BCUT2D eigenvalue weighted by atomic mass is 10.1. The minimum atomic E-state index is -0.160. The van der Waals surface area contributed by atoms with Gasteiger partial charge >= 0.3 is 6.03 Å². The van der Waals surface area contributed by atoms with E-state index >= 15 is 0 Å². The van der Waals surface area contributed by atoms with Crippen molar-refractivity contribution in [2.75, 3.05) is 13.7 Å².